The van der Waals surface area contributed by atoms with E-state index >= 15 is 0 Å². The van der Waals surface area contributed by atoms with Crippen molar-refractivity contribution in [3.63, 3.8) is 0 Å². The van der Waals surface area contributed by atoms with Gasteiger partial charge in [-0.2, -0.15) is 5.10 Å². The van der Waals surface area contributed by atoms with Crippen LogP contribution >= 0.6 is 0 Å². The molecule has 0 radical (unpaired) electrons. The molecule has 3 rings (SSSR count). The second kappa shape index (κ2) is 9.78. The highest BCUT2D eigenvalue weighted by Crippen LogP contribution is 2.21. The van der Waals surface area contributed by atoms with E-state index in [0.29, 0.717) is 19.1 Å². The third kappa shape index (κ3) is 5.50. The van der Waals surface area contributed by atoms with E-state index < -0.39 is 0 Å². The Bertz CT molecular complexity index is 923. The Balaban J connectivity index is 1.86. The summed E-state index contributed by atoms with van der Waals surface area (Å²) in [6, 6.07) is 6.58. The van der Waals surface area contributed by atoms with Gasteiger partial charge in [0.25, 0.3) is 0 Å². The van der Waals surface area contributed by atoms with Crippen molar-refractivity contribution < 1.29 is 9.13 Å². The average Bonchev–Trinajstić information content (AvgIpc) is 3.01. The van der Waals surface area contributed by atoms with Crippen LogP contribution in [0.25, 0.3) is 11.0 Å². The van der Waals surface area contributed by atoms with Crippen LogP contribution in [-0.4, -0.2) is 39.0 Å². The van der Waals surface area contributed by atoms with Crippen molar-refractivity contribution in [3.05, 3.63) is 47.5 Å². The molecule has 0 spiro atoms. The number of anilines is 1. The molecule has 0 aliphatic carbocycles. The van der Waals surface area contributed by atoms with Crippen molar-refractivity contribution >= 4 is 17.0 Å². The van der Waals surface area contributed by atoms with Crippen LogP contribution in [0.2, 0.25) is 0 Å². The van der Waals surface area contributed by atoms with Crippen LogP contribution < -0.4 is 4.90 Å². The van der Waals surface area contributed by atoms with Gasteiger partial charge in [0.05, 0.1) is 18.0 Å². The summed E-state index contributed by atoms with van der Waals surface area (Å²) in [6.45, 7) is 8.23. The van der Waals surface area contributed by atoms with Crippen molar-refractivity contribution in [2.45, 2.75) is 52.7 Å². The summed E-state index contributed by atoms with van der Waals surface area (Å²) < 4.78 is 20.8. The zero-order chi connectivity index (χ0) is 20.8. The fraction of sp³-hybridized carbons (Fsp3) is 0.500. The molecule has 3 aromatic rings. The van der Waals surface area contributed by atoms with Gasteiger partial charge in [-0.3, -0.25) is 4.68 Å². The number of rotatable bonds is 10. The van der Waals surface area contributed by atoms with Crippen molar-refractivity contribution in [2.24, 2.45) is 7.05 Å². The zero-order valence-electron chi connectivity index (χ0n) is 17.7. The highest BCUT2D eigenvalue weighted by Gasteiger charge is 2.16. The molecular formula is C22H30FN5O. The minimum Gasteiger partial charge on any atom is -0.379 e. The number of aromatic nitrogens is 4. The van der Waals surface area contributed by atoms with Gasteiger partial charge in [-0.05, 0) is 44.4 Å². The SMILES string of the molecule is CCCc1nn(C)c2cnc(N(CCCOC(C)C)Cc3ccc(F)cc3)nc12. The highest BCUT2D eigenvalue weighted by molar-refractivity contribution is 5.78. The summed E-state index contributed by atoms with van der Waals surface area (Å²) in [6.07, 6.45) is 4.80. The molecule has 6 nitrogen and oxygen atoms in total. The van der Waals surface area contributed by atoms with Crippen LogP contribution in [-0.2, 0) is 24.8 Å². The quantitative estimate of drug-likeness (QED) is 0.477. The normalized spacial score (nSPS) is 11.5. The molecule has 156 valence electrons. The molecule has 0 aliphatic heterocycles. The van der Waals surface area contributed by atoms with Gasteiger partial charge in [0.15, 0.2) is 0 Å². The number of nitrogens with zero attached hydrogens (tertiary/aromatic N) is 5. The fourth-order valence-electron chi connectivity index (χ4n) is 3.29. The number of aryl methyl sites for hydroxylation is 2. The van der Waals surface area contributed by atoms with E-state index in [1.54, 1.807) is 12.1 Å². The number of benzene rings is 1. The van der Waals surface area contributed by atoms with Gasteiger partial charge in [0.2, 0.25) is 5.95 Å². The first-order chi connectivity index (χ1) is 14.0. The Labute approximate surface area is 171 Å². The molecule has 7 heteroatoms. The summed E-state index contributed by atoms with van der Waals surface area (Å²) in [4.78, 5) is 11.6. The minimum absolute atomic E-state index is 0.208. The molecule has 0 saturated heterocycles. The highest BCUT2D eigenvalue weighted by atomic mass is 19.1. The van der Waals surface area contributed by atoms with Gasteiger partial charge in [-0.1, -0.05) is 25.5 Å². The molecule has 2 aromatic heterocycles. The lowest BCUT2D eigenvalue weighted by Crippen LogP contribution is -2.27. The molecule has 0 saturated carbocycles. The van der Waals surface area contributed by atoms with Crippen molar-refractivity contribution in [3.8, 4) is 0 Å². The number of hydrogen-bond acceptors (Lipinski definition) is 5. The monoisotopic (exact) mass is 399 g/mol. The van der Waals surface area contributed by atoms with E-state index in [2.05, 4.69) is 21.9 Å². The first-order valence-corrected chi connectivity index (χ1v) is 10.3. The molecule has 0 unspecified atom stereocenters. The van der Waals surface area contributed by atoms with Gasteiger partial charge in [-0.25, -0.2) is 14.4 Å². The Kier molecular flexibility index (Phi) is 7.14. The fourth-order valence-corrected chi connectivity index (χ4v) is 3.29. The predicted octanol–water partition coefficient (Wildman–Crippen LogP) is 4.28. The van der Waals surface area contributed by atoms with E-state index in [0.717, 1.165) is 48.1 Å². The average molecular weight is 400 g/mol. The van der Waals surface area contributed by atoms with E-state index in [4.69, 9.17) is 9.72 Å². The molecule has 0 aliphatic rings. The molecule has 0 amide bonds. The van der Waals surface area contributed by atoms with Crippen LogP contribution in [0.3, 0.4) is 0 Å². The lowest BCUT2D eigenvalue weighted by molar-refractivity contribution is 0.0778. The molecule has 0 bridgehead atoms. The van der Waals surface area contributed by atoms with Crippen LogP contribution in [0.1, 0.15) is 44.9 Å². The maximum Gasteiger partial charge on any atom is 0.226 e. The molecule has 2 heterocycles. The lowest BCUT2D eigenvalue weighted by atomic mass is 10.2. The lowest BCUT2D eigenvalue weighted by Gasteiger charge is -2.23. The maximum absolute atomic E-state index is 13.3. The number of halogens is 1. The van der Waals surface area contributed by atoms with E-state index in [1.165, 1.54) is 12.1 Å². The predicted molar refractivity (Wildman–Crippen MR) is 113 cm³/mol. The van der Waals surface area contributed by atoms with Crippen molar-refractivity contribution in [1.82, 2.24) is 19.7 Å². The Morgan fingerprint density at radius 3 is 2.66 bits per heavy atom. The van der Waals surface area contributed by atoms with Gasteiger partial charge in [0, 0.05) is 26.7 Å². The second-order valence-corrected chi connectivity index (χ2v) is 7.55. The van der Waals surface area contributed by atoms with Crippen LogP contribution in [0.4, 0.5) is 10.3 Å². The van der Waals surface area contributed by atoms with E-state index in [9.17, 15) is 4.39 Å². The van der Waals surface area contributed by atoms with Crippen LogP contribution in [0.5, 0.6) is 0 Å². The standard InChI is InChI=1S/C22H30FN5O/c1-5-7-19-21-20(27(4)26-19)14-24-22(25-21)28(12-6-13-29-16(2)3)15-17-8-10-18(23)11-9-17/h8-11,14,16H,5-7,12-13,15H2,1-4H3. The number of hydrogen-bond donors (Lipinski definition) is 0. The molecule has 0 N–H and O–H groups in total. The molecule has 0 fully saturated rings. The van der Waals surface area contributed by atoms with Crippen LogP contribution in [0.15, 0.2) is 30.5 Å². The first kappa shape index (κ1) is 21.2. The minimum atomic E-state index is -0.233. The summed E-state index contributed by atoms with van der Waals surface area (Å²) >= 11 is 0. The largest absolute Gasteiger partial charge is 0.379 e. The van der Waals surface area contributed by atoms with E-state index in [1.807, 2.05) is 31.8 Å². The third-order valence-corrected chi connectivity index (χ3v) is 4.73. The number of fused-ring (bicyclic) bond motifs is 1. The smallest absolute Gasteiger partial charge is 0.226 e. The van der Waals surface area contributed by atoms with Gasteiger partial charge in [0.1, 0.15) is 16.9 Å². The number of ether oxygens (including phenoxy) is 1. The molecular weight excluding hydrogens is 369 g/mol. The van der Waals surface area contributed by atoms with Gasteiger partial charge >= 0.3 is 0 Å². The summed E-state index contributed by atoms with van der Waals surface area (Å²) in [5.41, 5.74) is 3.85. The van der Waals surface area contributed by atoms with Crippen molar-refractivity contribution in [1.29, 1.82) is 0 Å². The Morgan fingerprint density at radius 1 is 1.21 bits per heavy atom. The topological polar surface area (TPSA) is 56.1 Å². The molecule has 29 heavy (non-hydrogen) atoms. The molecule has 1 aromatic carbocycles. The Morgan fingerprint density at radius 2 is 1.97 bits per heavy atom. The maximum atomic E-state index is 13.3. The van der Waals surface area contributed by atoms with Crippen molar-refractivity contribution in [2.75, 3.05) is 18.1 Å². The van der Waals surface area contributed by atoms with Crippen LogP contribution in [0, 0.1) is 5.82 Å². The zero-order valence-corrected chi connectivity index (χ0v) is 17.7. The first-order valence-electron chi connectivity index (χ1n) is 10.3. The summed E-state index contributed by atoms with van der Waals surface area (Å²) in [5, 5.41) is 4.60. The van der Waals surface area contributed by atoms with Gasteiger partial charge < -0.3 is 9.64 Å². The van der Waals surface area contributed by atoms with Gasteiger partial charge in [-0.15, -0.1) is 0 Å². The summed E-state index contributed by atoms with van der Waals surface area (Å²) in [5.74, 6) is 0.430. The third-order valence-electron chi connectivity index (χ3n) is 4.73. The second-order valence-electron chi connectivity index (χ2n) is 7.55. The van der Waals surface area contributed by atoms with E-state index in [-0.39, 0.29) is 11.9 Å². The Hall–Kier alpha value is -2.54. The summed E-state index contributed by atoms with van der Waals surface area (Å²) in [7, 11) is 1.92. The molecule has 0 atom stereocenters.